The fourth-order valence-electron chi connectivity index (χ4n) is 1.28. The number of nitrogens with zero attached hydrogens (tertiary/aromatic N) is 1. The summed E-state index contributed by atoms with van der Waals surface area (Å²) in [6.07, 6.45) is 1.65. The maximum absolute atomic E-state index is 11.9. The lowest BCUT2D eigenvalue weighted by Crippen LogP contribution is -2.11. The zero-order chi connectivity index (χ0) is 12.3. The molecule has 0 radical (unpaired) electrons. The van der Waals surface area contributed by atoms with Crippen LogP contribution in [0.1, 0.15) is 15.9 Å². The Labute approximate surface area is 116 Å². The van der Waals surface area contributed by atoms with Gasteiger partial charge in [0, 0.05) is 11.4 Å². The first-order valence-electron chi connectivity index (χ1n) is 4.76. The third kappa shape index (κ3) is 3.28. The number of anilines is 1. The van der Waals surface area contributed by atoms with E-state index in [0.29, 0.717) is 16.6 Å². The molecule has 1 aromatic carbocycles. The highest BCUT2D eigenvalue weighted by Gasteiger charge is 2.08. The molecule has 2 aromatic rings. The molecule has 0 saturated heterocycles. The van der Waals surface area contributed by atoms with Crippen LogP contribution in [-0.4, -0.2) is 10.9 Å². The SMILES string of the molecule is O=C(Nc1ncc(Br)s1)c1cccc(CCl)c1. The lowest BCUT2D eigenvalue weighted by molar-refractivity contribution is 0.102. The molecule has 3 nitrogen and oxygen atoms in total. The number of alkyl halides is 1. The molecule has 1 N–H and O–H groups in total. The molecule has 0 unspecified atom stereocenters. The molecule has 0 saturated carbocycles. The van der Waals surface area contributed by atoms with Crippen molar-refractivity contribution in [1.82, 2.24) is 4.98 Å². The number of hydrogen-bond donors (Lipinski definition) is 1. The smallest absolute Gasteiger partial charge is 0.257 e. The van der Waals surface area contributed by atoms with Gasteiger partial charge in [0.25, 0.3) is 5.91 Å². The molecule has 0 bridgehead atoms. The number of aromatic nitrogens is 1. The number of rotatable bonds is 3. The summed E-state index contributed by atoms with van der Waals surface area (Å²) in [7, 11) is 0. The van der Waals surface area contributed by atoms with E-state index >= 15 is 0 Å². The van der Waals surface area contributed by atoms with Gasteiger partial charge in [0.2, 0.25) is 0 Å². The van der Waals surface area contributed by atoms with Gasteiger partial charge in [0.15, 0.2) is 5.13 Å². The highest BCUT2D eigenvalue weighted by atomic mass is 79.9. The number of halogens is 2. The Kier molecular flexibility index (Phi) is 4.15. The van der Waals surface area contributed by atoms with Crippen LogP contribution in [0.25, 0.3) is 0 Å². The molecule has 0 aliphatic carbocycles. The minimum absolute atomic E-state index is 0.182. The predicted molar refractivity (Wildman–Crippen MR) is 73.8 cm³/mol. The first-order chi connectivity index (χ1) is 8.19. The van der Waals surface area contributed by atoms with E-state index in [1.807, 2.05) is 12.1 Å². The summed E-state index contributed by atoms with van der Waals surface area (Å²) >= 11 is 10.4. The summed E-state index contributed by atoms with van der Waals surface area (Å²) in [5.41, 5.74) is 1.49. The van der Waals surface area contributed by atoms with Crippen LogP contribution < -0.4 is 5.32 Å². The second kappa shape index (κ2) is 5.62. The quantitative estimate of drug-likeness (QED) is 0.867. The van der Waals surface area contributed by atoms with Crippen molar-refractivity contribution in [3.63, 3.8) is 0 Å². The van der Waals surface area contributed by atoms with Gasteiger partial charge in [-0.15, -0.1) is 11.6 Å². The van der Waals surface area contributed by atoms with Gasteiger partial charge in [-0.3, -0.25) is 10.1 Å². The molecule has 2 rings (SSSR count). The summed E-state index contributed by atoms with van der Waals surface area (Å²) < 4.78 is 0.877. The van der Waals surface area contributed by atoms with Crippen molar-refractivity contribution in [2.75, 3.05) is 5.32 Å². The van der Waals surface area contributed by atoms with Crippen LogP contribution in [-0.2, 0) is 5.88 Å². The molecule has 6 heteroatoms. The Balaban J connectivity index is 2.14. The van der Waals surface area contributed by atoms with Gasteiger partial charge in [0.05, 0.1) is 9.98 Å². The zero-order valence-corrected chi connectivity index (χ0v) is 11.8. The van der Waals surface area contributed by atoms with Crippen LogP contribution in [0, 0.1) is 0 Å². The van der Waals surface area contributed by atoms with Crippen molar-refractivity contribution >= 4 is 49.9 Å². The Hall–Kier alpha value is -0.910. The first-order valence-corrected chi connectivity index (χ1v) is 6.91. The molecule has 0 atom stereocenters. The Morgan fingerprint density at radius 3 is 3.00 bits per heavy atom. The van der Waals surface area contributed by atoms with Gasteiger partial charge >= 0.3 is 0 Å². The lowest BCUT2D eigenvalue weighted by Gasteiger charge is -2.02. The van der Waals surface area contributed by atoms with Crippen molar-refractivity contribution in [3.8, 4) is 0 Å². The predicted octanol–water partition coefficient (Wildman–Crippen LogP) is 3.90. The summed E-state index contributed by atoms with van der Waals surface area (Å²) in [4.78, 5) is 15.9. The molecule has 88 valence electrons. The number of nitrogens with one attached hydrogen (secondary N) is 1. The molecule has 0 fully saturated rings. The topological polar surface area (TPSA) is 42.0 Å². The molecule has 1 amide bonds. The Morgan fingerprint density at radius 1 is 1.53 bits per heavy atom. The molecule has 17 heavy (non-hydrogen) atoms. The average Bonchev–Trinajstić information content (AvgIpc) is 2.75. The number of carbonyl (C=O) groups is 1. The maximum Gasteiger partial charge on any atom is 0.257 e. The normalized spacial score (nSPS) is 10.2. The number of thiazole rings is 1. The Bertz CT molecular complexity index is 544. The fraction of sp³-hybridized carbons (Fsp3) is 0.0909. The highest BCUT2D eigenvalue weighted by molar-refractivity contribution is 9.11. The van der Waals surface area contributed by atoms with Crippen molar-refractivity contribution in [3.05, 3.63) is 45.4 Å². The van der Waals surface area contributed by atoms with E-state index in [0.717, 1.165) is 9.35 Å². The highest BCUT2D eigenvalue weighted by Crippen LogP contribution is 2.23. The average molecular weight is 332 g/mol. The molecule has 0 aliphatic rings. The van der Waals surface area contributed by atoms with E-state index in [-0.39, 0.29) is 5.91 Å². The third-order valence-electron chi connectivity index (χ3n) is 2.04. The molecular weight excluding hydrogens is 324 g/mol. The van der Waals surface area contributed by atoms with Crippen LogP contribution in [0.3, 0.4) is 0 Å². The van der Waals surface area contributed by atoms with E-state index in [1.54, 1.807) is 18.3 Å². The van der Waals surface area contributed by atoms with Gasteiger partial charge in [-0.2, -0.15) is 0 Å². The van der Waals surface area contributed by atoms with Crippen LogP contribution in [0.15, 0.2) is 34.2 Å². The van der Waals surface area contributed by atoms with E-state index < -0.39 is 0 Å². The number of hydrogen-bond acceptors (Lipinski definition) is 3. The lowest BCUT2D eigenvalue weighted by atomic mass is 10.1. The van der Waals surface area contributed by atoms with Crippen molar-refractivity contribution in [1.29, 1.82) is 0 Å². The van der Waals surface area contributed by atoms with Gasteiger partial charge < -0.3 is 0 Å². The zero-order valence-electron chi connectivity index (χ0n) is 8.61. The van der Waals surface area contributed by atoms with Crippen molar-refractivity contribution < 1.29 is 4.79 Å². The summed E-state index contributed by atoms with van der Waals surface area (Å²) in [5, 5.41) is 3.29. The minimum atomic E-state index is -0.182. The first kappa shape index (κ1) is 12.5. The van der Waals surface area contributed by atoms with Gasteiger partial charge in [-0.05, 0) is 33.6 Å². The van der Waals surface area contributed by atoms with Crippen LogP contribution >= 0.6 is 38.9 Å². The van der Waals surface area contributed by atoms with Crippen molar-refractivity contribution in [2.45, 2.75) is 5.88 Å². The van der Waals surface area contributed by atoms with E-state index in [1.165, 1.54) is 11.3 Å². The summed E-state index contributed by atoms with van der Waals surface area (Å²) in [6, 6.07) is 7.20. The molecule has 1 aromatic heterocycles. The molecular formula is C11H8BrClN2OS. The monoisotopic (exact) mass is 330 g/mol. The molecule has 0 spiro atoms. The number of amides is 1. The maximum atomic E-state index is 11.9. The van der Waals surface area contributed by atoms with Crippen LogP contribution in [0.4, 0.5) is 5.13 Å². The summed E-state index contributed by atoms with van der Waals surface area (Å²) in [6.45, 7) is 0. The molecule has 1 heterocycles. The van der Waals surface area contributed by atoms with E-state index in [9.17, 15) is 4.79 Å². The second-order valence-corrected chi connectivity index (χ2v) is 5.93. The van der Waals surface area contributed by atoms with Crippen molar-refractivity contribution in [2.24, 2.45) is 0 Å². The second-order valence-electron chi connectivity index (χ2n) is 3.26. The fourth-order valence-corrected chi connectivity index (χ4v) is 2.55. The molecule has 0 aliphatic heterocycles. The third-order valence-corrected chi connectivity index (χ3v) is 3.74. The van der Waals surface area contributed by atoms with Crippen LogP contribution in [0.5, 0.6) is 0 Å². The van der Waals surface area contributed by atoms with Gasteiger partial charge in [-0.1, -0.05) is 23.5 Å². The standard InChI is InChI=1S/C11H8BrClN2OS/c12-9-6-14-11(17-9)15-10(16)8-3-1-2-7(4-8)5-13/h1-4,6H,5H2,(H,14,15,16). The Morgan fingerprint density at radius 2 is 2.35 bits per heavy atom. The van der Waals surface area contributed by atoms with E-state index in [2.05, 4.69) is 26.2 Å². The number of carbonyl (C=O) groups excluding carboxylic acids is 1. The van der Waals surface area contributed by atoms with Crippen LogP contribution in [0.2, 0.25) is 0 Å². The largest absolute Gasteiger partial charge is 0.298 e. The summed E-state index contributed by atoms with van der Waals surface area (Å²) in [5.74, 6) is 0.211. The van der Waals surface area contributed by atoms with Gasteiger partial charge in [-0.25, -0.2) is 4.98 Å². The minimum Gasteiger partial charge on any atom is -0.298 e. The van der Waals surface area contributed by atoms with E-state index in [4.69, 9.17) is 11.6 Å². The number of benzene rings is 1. The van der Waals surface area contributed by atoms with Gasteiger partial charge in [0.1, 0.15) is 0 Å².